The topological polar surface area (TPSA) is 64.2 Å². The molecule has 1 saturated carbocycles. The SMILES string of the molecule is CCn1ncc(N)c1C(=O)N(CC(C)C)C1CC1. The van der Waals surface area contributed by atoms with Crippen LogP contribution >= 0.6 is 0 Å². The van der Waals surface area contributed by atoms with E-state index in [1.807, 2.05) is 11.8 Å². The Morgan fingerprint density at radius 1 is 1.61 bits per heavy atom. The lowest BCUT2D eigenvalue weighted by Gasteiger charge is -2.24. The average molecular weight is 250 g/mol. The molecule has 0 atom stereocenters. The predicted octanol–water partition coefficient (Wildman–Crippen LogP) is 1.75. The maximum absolute atomic E-state index is 12.6. The number of amides is 1. The summed E-state index contributed by atoms with van der Waals surface area (Å²) in [5.74, 6) is 0.497. The van der Waals surface area contributed by atoms with E-state index in [1.54, 1.807) is 10.9 Å². The number of nitrogen functional groups attached to an aromatic ring is 1. The maximum atomic E-state index is 12.6. The normalized spacial score (nSPS) is 15.1. The zero-order valence-corrected chi connectivity index (χ0v) is 11.4. The van der Waals surface area contributed by atoms with E-state index in [2.05, 4.69) is 18.9 Å². The van der Waals surface area contributed by atoms with Gasteiger partial charge in [-0.05, 0) is 25.7 Å². The van der Waals surface area contributed by atoms with Crippen LogP contribution in [-0.4, -0.2) is 33.2 Å². The van der Waals surface area contributed by atoms with Gasteiger partial charge >= 0.3 is 0 Å². The van der Waals surface area contributed by atoms with Crippen LogP contribution in [0.15, 0.2) is 6.20 Å². The minimum Gasteiger partial charge on any atom is -0.396 e. The molecule has 100 valence electrons. The zero-order chi connectivity index (χ0) is 13.3. The fourth-order valence-electron chi connectivity index (χ4n) is 2.19. The van der Waals surface area contributed by atoms with Crippen molar-refractivity contribution in [2.45, 2.75) is 46.2 Å². The summed E-state index contributed by atoms with van der Waals surface area (Å²) in [7, 11) is 0. The van der Waals surface area contributed by atoms with Gasteiger partial charge in [-0.15, -0.1) is 0 Å². The second-order valence-electron chi connectivity index (χ2n) is 5.35. The Balaban J connectivity index is 2.24. The van der Waals surface area contributed by atoms with Crippen LogP contribution in [0.5, 0.6) is 0 Å². The van der Waals surface area contributed by atoms with Crippen molar-refractivity contribution < 1.29 is 4.79 Å². The van der Waals surface area contributed by atoms with Crippen molar-refractivity contribution in [3.63, 3.8) is 0 Å². The monoisotopic (exact) mass is 250 g/mol. The predicted molar refractivity (Wildman–Crippen MR) is 71.2 cm³/mol. The first-order valence-corrected chi connectivity index (χ1v) is 6.66. The molecule has 0 bridgehead atoms. The number of nitrogens with two attached hydrogens (primary N) is 1. The molecule has 0 aromatic carbocycles. The van der Waals surface area contributed by atoms with Gasteiger partial charge in [0.1, 0.15) is 5.69 Å². The van der Waals surface area contributed by atoms with Gasteiger partial charge in [-0.25, -0.2) is 0 Å². The molecular weight excluding hydrogens is 228 g/mol. The van der Waals surface area contributed by atoms with Crippen LogP contribution < -0.4 is 5.73 Å². The lowest BCUT2D eigenvalue weighted by molar-refractivity contribution is 0.0711. The van der Waals surface area contributed by atoms with Gasteiger partial charge in [-0.1, -0.05) is 13.8 Å². The number of aromatic nitrogens is 2. The average Bonchev–Trinajstić information content (AvgIpc) is 3.08. The molecule has 1 aromatic rings. The van der Waals surface area contributed by atoms with Crippen molar-refractivity contribution in [2.75, 3.05) is 12.3 Å². The Kier molecular flexibility index (Phi) is 3.59. The van der Waals surface area contributed by atoms with Crippen LogP contribution in [0, 0.1) is 5.92 Å². The third kappa shape index (κ3) is 2.49. The minimum absolute atomic E-state index is 0.0306. The van der Waals surface area contributed by atoms with E-state index in [0.29, 0.717) is 29.9 Å². The second-order valence-corrected chi connectivity index (χ2v) is 5.35. The second kappa shape index (κ2) is 5.00. The highest BCUT2D eigenvalue weighted by atomic mass is 16.2. The summed E-state index contributed by atoms with van der Waals surface area (Å²) >= 11 is 0. The Morgan fingerprint density at radius 3 is 2.78 bits per heavy atom. The number of hydrogen-bond donors (Lipinski definition) is 1. The van der Waals surface area contributed by atoms with Crippen LogP contribution in [-0.2, 0) is 6.54 Å². The molecule has 1 heterocycles. The van der Waals surface area contributed by atoms with Crippen LogP contribution in [0.4, 0.5) is 5.69 Å². The maximum Gasteiger partial charge on any atom is 0.274 e. The van der Waals surface area contributed by atoms with E-state index in [9.17, 15) is 4.79 Å². The molecule has 18 heavy (non-hydrogen) atoms. The number of hydrogen-bond acceptors (Lipinski definition) is 3. The molecule has 2 N–H and O–H groups in total. The van der Waals surface area contributed by atoms with E-state index in [-0.39, 0.29) is 5.91 Å². The third-order valence-electron chi connectivity index (χ3n) is 3.18. The lowest BCUT2D eigenvalue weighted by atomic mass is 10.2. The van der Waals surface area contributed by atoms with Crippen LogP contribution in [0.25, 0.3) is 0 Å². The standard InChI is InChI=1S/C13H22N4O/c1-4-17-12(11(14)7-15-17)13(18)16(8-9(2)3)10-5-6-10/h7,9-10H,4-6,8,14H2,1-3H3. The van der Waals surface area contributed by atoms with E-state index in [4.69, 9.17) is 5.73 Å². The number of nitrogens with zero attached hydrogens (tertiary/aromatic N) is 3. The van der Waals surface area contributed by atoms with Crippen LogP contribution in [0.3, 0.4) is 0 Å². The van der Waals surface area contributed by atoms with Gasteiger partial charge in [0.05, 0.1) is 11.9 Å². The van der Waals surface area contributed by atoms with Crippen molar-refractivity contribution >= 4 is 11.6 Å². The van der Waals surface area contributed by atoms with Gasteiger partial charge < -0.3 is 10.6 Å². The van der Waals surface area contributed by atoms with Gasteiger partial charge in [0.25, 0.3) is 5.91 Å². The Morgan fingerprint density at radius 2 is 2.28 bits per heavy atom. The molecule has 0 saturated heterocycles. The Hall–Kier alpha value is -1.52. The number of aryl methyl sites for hydroxylation is 1. The lowest BCUT2D eigenvalue weighted by Crippen LogP contribution is -2.37. The van der Waals surface area contributed by atoms with Crippen molar-refractivity contribution in [1.29, 1.82) is 0 Å². The van der Waals surface area contributed by atoms with E-state index in [0.717, 1.165) is 19.4 Å². The van der Waals surface area contributed by atoms with Crippen molar-refractivity contribution in [3.8, 4) is 0 Å². The molecular formula is C13H22N4O. The van der Waals surface area contributed by atoms with E-state index < -0.39 is 0 Å². The summed E-state index contributed by atoms with van der Waals surface area (Å²) in [5.41, 5.74) is 6.91. The molecule has 1 aliphatic carbocycles. The summed E-state index contributed by atoms with van der Waals surface area (Å²) in [6.45, 7) is 7.68. The first kappa shape index (κ1) is 12.9. The molecule has 1 fully saturated rings. The molecule has 1 aromatic heterocycles. The van der Waals surface area contributed by atoms with Crippen LogP contribution in [0.2, 0.25) is 0 Å². The summed E-state index contributed by atoms with van der Waals surface area (Å²) in [5, 5.41) is 4.14. The van der Waals surface area contributed by atoms with Crippen molar-refractivity contribution in [2.24, 2.45) is 5.92 Å². The highest BCUT2D eigenvalue weighted by Crippen LogP contribution is 2.30. The molecule has 5 nitrogen and oxygen atoms in total. The van der Waals surface area contributed by atoms with Crippen molar-refractivity contribution in [1.82, 2.24) is 14.7 Å². The van der Waals surface area contributed by atoms with Gasteiger partial charge in [0.2, 0.25) is 0 Å². The molecule has 5 heteroatoms. The molecule has 0 radical (unpaired) electrons. The molecule has 2 rings (SSSR count). The summed E-state index contributed by atoms with van der Waals surface area (Å²) in [6.07, 6.45) is 3.79. The number of carbonyl (C=O) groups excluding carboxylic acids is 1. The summed E-state index contributed by atoms with van der Waals surface area (Å²) in [4.78, 5) is 14.6. The number of carbonyl (C=O) groups is 1. The largest absolute Gasteiger partial charge is 0.396 e. The summed E-state index contributed by atoms with van der Waals surface area (Å²) in [6, 6.07) is 0.402. The zero-order valence-electron chi connectivity index (χ0n) is 11.4. The molecule has 0 unspecified atom stereocenters. The van der Waals surface area contributed by atoms with Gasteiger partial charge in [-0.2, -0.15) is 5.10 Å². The Bertz CT molecular complexity index is 434. The Labute approximate surface area is 108 Å². The quantitative estimate of drug-likeness (QED) is 0.865. The first-order valence-electron chi connectivity index (χ1n) is 6.66. The first-order chi connectivity index (χ1) is 8.54. The molecule has 0 spiro atoms. The smallest absolute Gasteiger partial charge is 0.274 e. The minimum atomic E-state index is 0.0306. The fraction of sp³-hybridized carbons (Fsp3) is 0.692. The highest BCUT2D eigenvalue weighted by molar-refractivity contribution is 5.97. The number of anilines is 1. The van der Waals surface area contributed by atoms with Gasteiger partial charge in [0, 0.05) is 19.1 Å². The molecule has 1 amide bonds. The van der Waals surface area contributed by atoms with E-state index >= 15 is 0 Å². The third-order valence-corrected chi connectivity index (χ3v) is 3.18. The highest BCUT2D eigenvalue weighted by Gasteiger charge is 2.35. The molecule has 1 aliphatic rings. The van der Waals surface area contributed by atoms with Crippen molar-refractivity contribution in [3.05, 3.63) is 11.9 Å². The summed E-state index contributed by atoms with van der Waals surface area (Å²) < 4.78 is 1.69. The van der Waals surface area contributed by atoms with Gasteiger partial charge in [-0.3, -0.25) is 9.48 Å². The fourth-order valence-corrected chi connectivity index (χ4v) is 2.19. The van der Waals surface area contributed by atoms with E-state index in [1.165, 1.54) is 0 Å². The molecule has 0 aliphatic heterocycles. The van der Waals surface area contributed by atoms with Crippen LogP contribution in [0.1, 0.15) is 44.1 Å². The van der Waals surface area contributed by atoms with Gasteiger partial charge in [0.15, 0.2) is 0 Å². The number of rotatable bonds is 5.